The fourth-order valence-corrected chi connectivity index (χ4v) is 3.19. The zero-order chi connectivity index (χ0) is 21.9. The zero-order valence-corrected chi connectivity index (χ0v) is 18.8. The molecule has 0 aliphatic carbocycles. The molecule has 0 bridgehead atoms. The molecule has 0 saturated carbocycles. The minimum absolute atomic E-state index is 0.463. The first-order chi connectivity index (χ1) is 15.2. The third kappa shape index (κ3) is 7.46. The fraction of sp³-hybridized carbons (Fsp3) is 0.320. The topological polar surface area (TPSA) is 52.6 Å². The van der Waals surface area contributed by atoms with E-state index in [4.69, 9.17) is 25.8 Å². The van der Waals surface area contributed by atoms with Gasteiger partial charge in [0.25, 0.3) is 0 Å². The second kappa shape index (κ2) is 12.2. The van der Waals surface area contributed by atoms with E-state index in [0.717, 1.165) is 24.1 Å². The van der Waals surface area contributed by atoms with Gasteiger partial charge in [-0.3, -0.25) is 0 Å². The standard InChI is InChI=1S/C25H29ClN2O3/c1-3-29-23-15-21(17-27-12-6-14-30-25-7-4-5-13-28-25)22(26)16-24(23)31-18-20-10-8-19(2)9-11-20/h4-5,7-11,13,15-16,27H,3,6,12,14,17-18H2,1-2H3. The normalized spacial score (nSPS) is 10.7. The van der Waals surface area contributed by atoms with Crippen LogP contribution in [0.15, 0.2) is 60.8 Å². The van der Waals surface area contributed by atoms with Crippen molar-refractivity contribution < 1.29 is 14.2 Å². The van der Waals surface area contributed by atoms with Crippen LogP contribution in [0.1, 0.15) is 30.0 Å². The maximum atomic E-state index is 6.52. The Morgan fingerprint density at radius 3 is 2.52 bits per heavy atom. The van der Waals surface area contributed by atoms with E-state index in [1.54, 1.807) is 6.20 Å². The van der Waals surface area contributed by atoms with Gasteiger partial charge in [0.15, 0.2) is 11.5 Å². The number of benzene rings is 2. The van der Waals surface area contributed by atoms with Crippen molar-refractivity contribution in [3.8, 4) is 17.4 Å². The molecule has 0 spiro atoms. The number of aryl methyl sites for hydroxylation is 1. The van der Waals surface area contributed by atoms with Gasteiger partial charge in [-0.05, 0) is 50.1 Å². The molecule has 0 amide bonds. The maximum absolute atomic E-state index is 6.52. The molecule has 0 unspecified atom stereocenters. The average molecular weight is 441 g/mol. The van der Waals surface area contributed by atoms with E-state index in [9.17, 15) is 0 Å². The summed E-state index contributed by atoms with van der Waals surface area (Å²) in [5, 5.41) is 4.05. The minimum atomic E-state index is 0.463. The van der Waals surface area contributed by atoms with Gasteiger partial charge in [0.05, 0.1) is 13.2 Å². The Morgan fingerprint density at radius 2 is 1.77 bits per heavy atom. The molecule has 0 aliphatic heterocycles. The van der Waals surface area contributed by atoms with Crippen LogP contribution in [0.4, 0.5) is 0 Å². The molecule has 1 heterocycles. The molecular weight excluding hydrogens is 412 g/mol. The van der Waals surface area contributed by atoms with E-state index in [1.165, 1.54) is 5.56 Å². The van der Waals surface area contributed by atoms with E-state index in [2.05, 4.69) is 41.5 Å². The maximum Gasteiger partial charge on any atom is 0.213 e. The van der Waals surface area contributed by atoms with Gasteiger partial charge in [0.2, 0.25) is 5.88 Å². The van der Waals surface area contributed by atoms with Crippen molar-refractivity contribution in [3.63, 3.8) is 0 Å². The van der Waals surface area contributed by atoms with Crippen LogP contribution >= 0.6 is 11.6 Å². The van der Waals surface area contributed by atoms with Crippen molar-refractivity contribution in [2.24, 2.45) is 0 Å². The van der Waals surface area contributed by atoms with E-state index >= 15 is 0 Å². The molecule has 2 aromatic carbocycles. The average Bonchev–Trinajstić information content (AvgIpc) is 2.78. The molecule has 0 atom stereocenters. The Morgan fingerprint density at radius 1 is 0.968 bits per heavy atom. The predicted molar refractivity (Wildman–Crippen MR) is 124 cm³/mol. The highest BCUT2D eigenvalue weighted by Gasteiger charge is 2.11. The van der Waals surface area contributed by atoms with Crippen molar-refractivity contribution >= 4 is 11.6 Å². The highest BCUT2D eigenvalue weighted by Crippen LogP contribution is 2.34. The summed E-state index contributed by atoms with van der Waals surface area (Å²) in [5.74, 6) is 2.00. The summed E-state index contributed by atoms with van der Waals surface area (Å²) in [6, 6.07) is 17.7. The van der Waals surface area contributed by atoms with Crippen LogP contribution in [0.3, 0.4) is 0 Å². The van der Waals surface area contributed by atoms with Gasteiger partial charge in [-0.2, -0.15) is 0 Å². The number of hydrogen-bond donors (Lipinski definition) is 1. The lowest BCUT2D eigenvalue weighted by Gasteiger charge is -2.15. The summed E-state index contributed by atoms with van der Waals surface area (Å²) in [7, 11) is 0. The van der Waals surface area contributed by atoms with Gasteiger partial charge < -0.3 is 19.5 Å². The van der Waals surface area contributed by atoms with Crippen LogP contribution in [0.5, 0.6) is 17.4 Å². The number of hydrogen-bond acceptors (Lipinski definition) is 5. The molecule has 1 aromatic heterocycles. The lowest BCUT2D eigenvalue weighted by molar-refractivity contribution is 0.269. The van der Waals surface area contributed by atoms with E-state index in [0.29, 0.717) is 48.8 Å². The third-order valence-corrected chi connectivity index (χ3v) is 4.98. The van der Waals surface area contributed by atoms with E-state index < -0.39 is 0 Å². The molecule has 0 aliphatic rings. The Hall–Kier alpha value is -2.76. The zero-order valence-electron chi connectivity index (χ0n) is 18.1. The minimum Gasteiger partial charge on any atom is -0.490 e. The second-order valence-corrected chi connectivity index (χ2v) is 7.55. The highest BCUT2D eigenvalue weighted by molar-refractivity contribution is 6.31. The van der Waals surface area contributed by atoms with Gasteiger partial charge in [-0.1, -0.05) is 47.5 Å². The Labute approximate surface area is 189 Å². The quantitative estimate of drug-likeness (QED) is 0.372. The van der Waals surface area contributed by atoms with Gasteiger partial charge in [0, 0.05) is 29.9 Å². The summed E-state index contributed by atoms with van der Waals surface area (Å²) in [6.45, 7) is 7.09. The highest BCUT2D eigenvalue weighted by atomic mass is 35.5. The summed E-state index contributed by atoms with van der Waals surface area (Å²) >= 11 is 6.52. The molecule has 3 aromatic rings. The predicted octanol–water partition coefficient (Wildman–Crippen LogP) is 5.58. The number of rotatable bonds is 12. The molecule has 31 heavy (non-hydrogen) atoms. The number of aromatic nitrogens is 1. The van der Waals surface area contributed by atoms with Crippen molar-refractivity contribution in [3.05, 3.63) is 82.5 Å². The lowest BCUT2D eigenvalue weighted by atomic mass is 10.1. The van der Waals surface area contributed by atoms with Crippen LogP contribution in [-0.4, -0.2) is 24.7 Å². The third-order valence-electron chi connectivity index (χ3n) is 4.63. The first-order valence-corrected chi connectivity index (χ1v) is 10.9. The van der Waals surface area contributed by atoms with Crippen molar-refractivity contribution in [2.45, 2.75) is 33.4 Å². The van der Waals surface area contributed by atoms with Crippen molar-refractivity contribution in [1.29, 1.82) is 0 Å². The molecule has 3 rings (SSSR count). The molecule has 5 nitrogen and oxygen atoms in total. The van der Waals surface area contributed by atoms with Gasteiger partial charge in [-0.25, -0.2) is 4.98 Å². The monoisotopic (exact) mass is 440 g/mol. The van der Waals surface area contributed by atoms with Crippen molar-refractivity contribution in [1.82, 2.24) is 10.3 Å². The van der Waals surface area contributed by atoms with Crippen molar-refractivity contribution in [2.75, 3.05) is 19.8 Å². The number of halogens is 1. The Kier molecular flexibility index (Phi) is 9.00. The van der Waals surface area contributed by atoms with Gasteiger partial charge in [0.1, 0.15) is 6.61 Å². The molecule has 6 heteroatoms. The SMILES string of the molecule is CCOc1cc(CNCCCOc2ccccn2)c(Cl)cc1OCc1ccc(C)cc1. The Balaban J connectivity index is 1.50. The number of pyridine rings is 1. The van der Waals surface area contributed by atoms with Crippen LogP contribution in [0.25, 0.3) is 0 Å². The summed E-state index contributed by atoms with van der Waals surface area (Å²) in [4.78, 5) is 4.14. The first-order valence-electron chi connectivity index (χ1n) is 10.5. The molecule has 1 N–H and O–H groups in total. The molecule has 0 radical (unpaired) electrons. The summed E-state index contributed by atoms with van der Waals surface area (Å²) < 4.78 is 17.4. The molecule has 0 saturated heterocycles. The van der Waals surface area contributed by atoms with Crippen LogP contribution < -0.4 is 19.5 Å². The van der Waals surface area contributed by atoms with Crippen LogP contribution in [-0.2, 0) is 13.2 Å². The first kappa shape index (κ1) is 22.9. The number of ether oxygens (including phenoxy) is 3. The fourth-order valence-electron chi connectivity index (χ4n) is 2.97. The molecular formula is C25H29ClN2O3. The van der Waals surface area contributed by atoms with Gasteiger partial charge in [-0.15, -0.1) is 0 Å². The second-order valence-electron chi connectivity index (χ2n) is 7.14. The van der Waals surface area contributed by atoms with Crippen LogP contribution in [0.2, 0.25) is 5.02 Å². The number of nitrogens with one attached hydrogen (secondary N) is 1. The number of nitrogens with zero attached hydrogens (tertiary/aromatic N) is 1. The van der Waals surface area contributed by atoms with E-state index in [-0.39, 0.29) is 0 Å². The van der Waals surface area contributed by atoms with Gasteiger partial charge >= 0.3 is 0 Å². The molecule has 0 fully saturated rings. The smallest absolute Gasteiger partial charge is 0.213 e. The largest absolute Gasteiger partial charge is 0.490 e. The van der Waals surface area contributed by atoms with E-state index in [1.807, 2.05) is 37.3 Å². The molecule has 164 valence electrons. The Bertz CT molecular complexity index is 934. The lowest BCUT2D eigenvalue weighted by Crippen LogP contribution is -2.17. The summed E-state index contributed by atoms with van der Waals surface area (Å²) in [5.41, 5.74) is 3.29. The summed E-state index contributed by atoms with van der Waals surface area (Å²) in [6.07, 6.45) is 2.59. The van der Waals surface area contributed by atoms with Crippen LogP contribution in [0, 0.1) is 6.92 Å².